The van der Waals surface area contributed by atoms with Crippen LogP contribution in [0, 0.1) is 13.8 Å². The van der Waals surface area contributed by atoms with Crippen LogP contribution < -0.4 is 10.5 Å². The van der Waals surface area contributed by atoms with E-state index < -0.39 is 0 Å². The molecular formula is C19H26N4O2. The van der Waals surface area contributed by atoms with Crippen LogP contribution in [0.2, 0.25) is 0 Å². The van der Waals surface area contributed by atoms with Crippen LogP contribution in [-0.2, 0) is 11.2 Å². The second-order valence-electron chi connectivity index (χ2n) is 6.62. The number of carbonyl (C=O) groups is 1. The van der Waals surface area contributed by atoms with E-state index in [1.165, 1.54) is 0 Å². The molecule has 0 saturated carbocycles. The number of amides is 1. The SMILES string of the molecule is Cc1cc(C)n([C@@H]2CCN(C(=O)Cc3cccc(OCCN)c3)C2)n1. The van der Waals surface area contributed by atoms with Gasteiger partial charge >= 0.3 is 0 Å². The summed E-state index contributed by atoms with van der Waals surface area (Å²) in [5.41, 5.74) is 8.60. The maximum atomic E-state index is 12.6. The predicted molar refractivity (Wildman–Crippen MR) is 96.6 cm³/mol. The van der Waals surface area contributed by atoms with Gasteiger partial charge < -0.3 is 15.4 Å². The highest BCUT2D eigenvalue weighted by Gasteiger charge is 2.28. The highest BCUT2D eigenvalue weighted by atomic mass is 16.5. The predicted octanol–water partition coefficient (Wildman–Crippen LogP) is 1.85. The fourth-order valence-corrected chi connectivity index (χ4v) is 3.39. The van der Waals surface area contributed by atoms with Crippen molar-refractivity contribution in [1.82, 2.24) is 14.7 Å². The summed E-state index contributed by atoms with van der Waals surface area (Å²) in [7, 11) is 0. The molecule has 1 aliphatic rings. The Hall–Kier alpha value is -2.34. The molecule has 2 heterocycles. The van der Waals surface area contributed by atoms with Crippen molar-refractivity contribution in [2.45, 2.75) is 32.7 Å². The van der Waals surface area contributed by atoms with E-state index in [4.69, 9.17) is 10.5 Å². The van der Waals surface area contributed by atoms with Crippen LogP contribution in [0.4, 0.5) is 0 Å². The Labute approximate surface area is 148 Å². The summed E-state index contributed by atoms with van der Waals surface area (Å²) < 4.78 is 7.59. The number of hydrogen-bond acceptors (Lipinski definition) is 4. The fraction of sp³-hybridized carbons (Fsp3) is 0.474. The van der Waals surface area contributed by atoms with Crippen molar-refractivity contribution in [1.29, 1.82) is 0 Å². The van der Waals surface area contributed by atoms with E-state index in [9.17, 15) is 4.79 Å². The second-order valence-corrected chi connectivity index (χ2v) is 6.62. The van der Waals surface area contributed by atoms with E-state index in [0.29, 0.717) is 19.6 Å². The standard InChI is InChI=1S/C19H26N4O2/c1-14-10-15(2)23(21-14)17-6-8-22(13-17)19(24)12-16-4-3-5-18(11-16)25-9-7-20/h3-5,10-11,17H,6-9,12-13,20H2,1-2H3/t17-/m1/s1. The van der Waals surface area contributed by atoms with Crippen molar-refractivity contribution in [3.05, 3.63) is 47.3 Å². The third kappa shape index (κ3) is 4.20. The topological polar surface area (TPSA) is 73.4 Å². The molecule has 0 unspecified atom stereocenters. The van der Waals surface area contributed by atoms with Crippen LogP contribution >= 0.6 is 0 Å². The van der Waals surface area contributed by atoms with Gasteiger partial charge in [-0.3, -0.25) is 9.48 Å². The lowest BCUT2D eigenvalue weighted by Crippen LogP contribution is -2.30. The van der Waals surface area contributed by atoms with Gasteiger partial charge in [0.2, 0.25) is 5.91 Å². The van der Waals surface area contributed by atoms with Gasteiger partial charge in [0.15, 0.2) is 0 Å². The molecule has 0 bridgehead atoms. The lowest BCUT2D eigenvalue weighted by atomic mass is 10.1. The maximum absolute atomic E-state index is 12.6. The number of benzene rings is 1. The van der Waals surface area contributed by atoms with Crippen molar-refractivity contribution in [3.8, 4) is 5.75 Å². The summed E-state index contributed by atoms with van der Waals surface area (Å²) in [6, 6.07) is 10.0. The molecule has 6 nitrogen and oxygen atoms in total. The Morgan fingerprint density at radius 2 is 2.20 bits per heavy atom. The Kier molecular flexibility index (Phi) is 5.38. The first-order valence-electron chi connectivity index (χ1n) is 8.79. The molecule has 3 rings (SSSR count). The molecule has 134 valence electrons. The van der Waals surface area contributed by atoms with Gasteiger partial charge in [-0.25, -0.2) is 0 Å². The zero-order valence-corrected chi connectivity index (χ0v) is 14.9. The smallest absolute Gasteiger partial charge is 0.227 e. The van der Waals surface area contributed by atoms with Crippen LogP contribution in [0.5, 0.6) is 5.75 Å². The van der Waals surface area contributed by atoms with Crippen LogP contribution in [0.25, 0.3) is 0 Å². The third-order valence-corrected chi connectivity index (χ3v) is 4.55. The molecule has 2 N–H and O–H groups in total. The van der Waals surface area contributed by atoms with Crippen LogP contribution in [0.15, 0.2) is 30.3 Å². The first-order valence-corrected chi connectivity index (χ1v) is 8.79. The largest absolute Gasteiger partial charge is 0.492 e. The summed E-state index contributed by atoms with van der Waals surface area (Å²) in [5, 5.41) is 4.56. The van der Waals surface area contributed by atoms with Crippen molar-refractivity contribution in [3.63, 3.8) is 0 Å². The van der Waals surface area contributed by atoms with Crippen LogP contribution in [0.1, 0.15) is 29.4 Å². The fourth-order valence-electron chi connectivity index (χ4n) is 3.39. The van der Waals surface area contributed by atoms with Gasteiger partial charge in [0.1, 0.15) is 12.4 Å². The number of rotatable bonds is 6. The summed E-state index contributed by atoms with van der Waals surface area (Å²) in [4.78, 5) is 14.6. The Morgan fingerprint density at radius 3 is 2.92 bits per heavy atom. The number of nitrogens with zero attached hydrogens (tertiary/aromatic N) is 3. The number of likely N-dealkylation sites (tertiary alicyclic amines) is 1. The van der Waals surface area contributed by atoms with E-state index in [-0.39, 0.29) is 11.9 Å². The van der Waals surface area contributed by atoms with E-state index >= 15 is 0 Å². The highest BCUT2D eigenvalue weighted by molar-refractivity contribution is 5.79. The van der Waals surface area contributed by atoms with Crippen molar-refractivity contribution >= 4 is 5.91 Å². The number of carbonyl (C=O) groups excluding carboxylic acids is 1. The minimum Gasteiger partial charge on any atom is -0.492 e. The van der Waals surface area contributed by atoms with Gasteiger partial charge in [0, 0.05) is 25.3 Å². The Balaban J connectivity index is 1.60. The number of aromatic nitrogens is 2. The quantitative estimate of drug-likeness (QED) is 0.869. The summed E-state index contributed by atoms with van der Waals surface area (Å²) in [6.45, 7) is 6.53. The Bertz CT molecular complexity index is 741. The van der Waals surface area contributed by atoms with E-state index in [1.54, 1.807) is 0 Å². The molecular weight excluding hydrogens is 316 g/mol. The minimum absolute atomic E-state index is 0.153. The van der Waals surface area contributed by atoms with Crippen LogP contribution in [0.3, 0.4) is 0 Å². The first kappa shape index (κ1) is 17.5. The lowest BCUT2D eigenvalue weighted by Gasteiger charge is -2.18. The monoisotopic (exact) mass is 342 g/mol. The van der Waals surface area contributed by atoms with Gasteiger partial charge in [-0.05, 0) is 44.0 Å². The second kappa shape index (κ2) is 7.70. The number of nitrogens with two attached hydrogens (primary N) is 1. The molecule has 1 fully saturated rings. The van der Waals surface area contributed by atoms with Gasteiger partial charge in [-0.1, -0.05) is 12.1 Å². The molecule has 6 heteroatoms. The van der Waals surface area contributed by atoms with Gasteiger partial charge in [-0.15, -0.1) is 0 Å². The van der Waals surface area contributed by atoms with Gasteiger partial charge in [-0.2, -0.15) is 5.10 Å². The lowest BCUT2D eigenvalue weighted by molar-refractivity contribution is -0.129. The van der Waals surface area contributed by atoms with Crippen molar-refractivity contribution in [2.24, 2.45) is 5.73 Å². The molecule has 0 aliphatic carbocycles. The summed E-state index contributed by atoms with van der Waals surface area (Å²) >= 11 is 0. The van der Waals surface area contributed by atoms with Crippen LogP contribution in [-0.4, -0.2) is 46.8 Å². The van der Waals surface area contributed by atoms with Gasteiger partial charge in [0.25, 0.3) is 0 Å². The zero-order valence-electron chi connectivity index (χ0n) is 14.9. The summed E-state index contributed by atoms with van der Waals surface area (Å²) in [6.07, 6.45) is 1.34. The minimum atomic E-state index is 0.153. The molecule has 1 aliphatic heterocycles. The number of hydrogen-bond donors (Lipinski definition) is 1. The molecule has 1 aromatic carbocycles. The molecule has 1 aromatic heterocycles. The molecule has 1 saturated heterocycles. The van der Waals surface area contributed by atoms with E-state index in [0.717, 1.165) is 42.2 Å². The van der Waals surface area contributed by atoms with Crippen molar-refractivity contribution in [2.75, 3.05) is 26.2 Å². The van der Waals surface area contributed by atoms with E-state index in [2.05, 4.69) is 22.8 Å². The van der Waals surface area contributed by atoms with Gasteiger partial charge in [0.05, 0.1) is 18.2 Å². The molecule has 0 spiro atoms. The highest BCUT2D eigenvalue weighted by Crippen LogP contribution is 2.24. The first-order chi connectivity index (χ1) is 12.1. The normalized spacial score (nSPS) is 17.1. The average Bonchev–Trinajstić information content (AvgIpc) is 3.19. The molecule has 1 atom stereocenters. The average molecular weight is 342 g/mol. The number of ether oxygens (including phenoxy) is 1. The molecule has 0 radical (unpaired) electrons. The molecule has 2 aromatic rings. The summed E-state index contributed by atoms with van der Waals surface area (Å²) in [5.74, 6) is 0.915. The molecule has 1 amide bonds. The maximum Gasteiger partial charge on any atom is 0.227 e. The molecule has 25 heavy (non-hydrogen) atoms. The van der Waals surface area contributed by atoms with E-state index in [1.807, 2.05) is 36.1 Å². The third-order valence-electron chi connectivity index (χ3n) is 4.55. The van der Waals surface area contributed by atoms with Crippen molar-refractivity contribution < 1.29 is 9.53 Å². The zero-order chi connectivity index (χ0) is 17.8. The number of aryl methyl sites for hydroxylation is 2. The Morgan fingerprint density at radius 1 is 1.36 bits per heavy atom.